The third-order valence-electron chi connectivity index (χ3n) is 2.97. The highest BCUT2D eigenvalue weighted by molar-refractivity contribution is 7.09. The maximum absolute atomic E-state index is 11.8. The van der Waals surface area contributed by atoms with Gasteiger partial charge in [0.2, 0.25) is 0 Å². The number of urea groups is 1. The van der Waals surface area contributed by atoms with Gasteiger partial charge in [-0.1, -0.05) is 17.7 Å². The van der Waals surface area contributed by atoms with Crippen LogP contribution in [0.15, 0.2) is 29.6 Å². The molecule has 118 valence electrons. The van der Waals surface area contributed by atoms with Crippen molar-refractivity contribution >= 4 is 17.4 Å². The Kier molecular flexibility index (Phi) is 5.77. The van der Waals surface area contributed by atoms with Gasteiger partial charge in [0, 0.05) is 11.1 Å². The molecule has 0 bridgehead atoms. The van der Waals surface area contributed by atoms with E-state index in [0.717, 1.165) is 16.5 Å². The van der Waals surface area contributed by atoms with Crippen LogP contribution in [0.1, 0.15) is 23.2 Å². The highest BCUT2D eigenvalue weighted by Crippen LogP contribution is 2.11. The van der Waals surface area contributed by atoms with Gasteiger partial charge in [0.1, 0.15) is 17.4 Å². The number of carbonyl (C=O) groups is 1. The first kappa shape index (κ1) is 16.3. The molecule has 1 unspecified atom stereocenters. The molecule has 5 nitrogen and oxygen atoms in total. The van der Waals surface area contributed by atoms with Gasteiger partial charge in [-0.2, -0.15) is 0 Å². The Morgan fingerprint density at radius 3 is 2.68 bits per heavy atom. The van der Waals surface area contributed by atoms with Crippen LogP contribution in [0.4, 0.5) is 4.79 Å². The molecule has 0 aliphatic carbocycles. The lowest BCUT2D eigenvalue weighted by atomic mass is 10.2. The number of thiazole rings is 1. The van der Waals surface area contributed by atoms with Crippen LogP contribution in [0.3, 0.4) is 0 Å². The minimum absolute atomic E-state index is 0.0839. The summed E-state index contributed by atoms with van der Waals surface area (Å²) in [5, 5.41) is 8.50. The van der Waals surface area contributed by atoms with E-state index in [9.17, 15) is 4.79 Å². The summed E-state index contributed by atoms with van der Waals surface area (Å²) in [7, 11) is 0. The van der Waals surface area contributed by atoms with Gasteiger partial charge in [-0.25, -0.2) is 9.78 Å². The Balaban J connectivity index is 1.68. The molecule has 2 N–H and O–H groups in total. The van der Waals surface area contributed by atoms with Crippen molar-refractivity contribution in [2.24, 2.45) is 0 Å². The van der Waals surface area contributed by atoms with Crippen molar-refractivity contribution in [3.63, 3.8) is 0 Å². The maximum Gasteiger partial charge on any atom is 0.315 e. The monoisotopic (exact) mass is 319 g/mol. The second-order valence-corrected chi connectivity index (χ2v) is 6.18. The highest BCUT2D eigenvalue weighted by Gasteiger charge is 2.08. The topological polar surface area (TPSA) is 63.2 Å². The van der Waals surface area contributed by atoms with Crippen LogP contribution in [-0.2, 0) is 6.54 Å². The Hall–Kier alpha value is -2.08. The summed E-state index contributed by atoms with van der Waals surface area (Å²) in [6.07, 6.45) is 0. The molecule has 1 aromatic heterocycles. The second kappa shape index (κ2) is 7.79. The number of hydrogen-bond acceptors (Lipinski definition) is 4. The maximum atomic E-state index is 11.8. The average molecular weight is 319 g/mol. The fraction of sp³-hybridized carbons (Fsp3) is 0.375. The molecule has 0 aliphatic heterocycles. The van der Waals surface area contributed by atoms with E-state index in [0.29, 0.717) is 13.2 Å². The Bertz CT molecular complexity index is 610. The molecule has 2 aromatic rings. The normalized spacial score (nSPS) is 11.8. The zero-order chi connectivity index (χ0) is 15.9. The van der Waals surface area contributed by atoms with E-state index in [4.69, 9.17) is 4.74 Å². The Morgan fingerprint density at radius 1 is 1.32 bits per heavy atom. The summed E-state index contributed by atoms with van der Waals surface area (Å²) in [6.45, 7) is 6.73. The first-order chi connectivity index (χ1) is 10.5. The van der Waals surface area contributed by atoms with E-state index >= 15 is 0 Å². The van der Waals surface area contributed by atoms with Gasteiger partial charge < -0.3 is 15.4 Å². The lowest BCUT2D eigenvalue weighted by Gasteiger charge is -2.15. The minimum atomic E-state index is -0.215. The SMILES string of the molecule is Cc1ccc(OCC(C)NC(=O)NCc2nc(C)cs2)cc1. The number of aromatic nitrogens is 1. The van der Waals surface area contributed by atoms with Gasteiger partial charge in [0.15, 0.2) is 0 Å². The Labute approximate surface area is 134 Å². The largest absolute Gasteiger partial charge is 0.491 e. The van der Waals surface area contributed by atoms with E-state index in [1.165, 1.54) is 5.56 Å². The highest BCUT2D eigenvalue weighted by atomic mass is 32.1. The lowest BCUT2D eigenvalue weighted by molar-refractivity contribution is 0.226. The van der Waals surface area contributed by atoms with Gasteiger partial charge in [-0.05, 0) is 32.9 Å². The van der Waals surface area contributed by atoms with Gasteiger partial charge in [0.05, 0.1) is 12.6 Å². The molecule has 6 heteroatoms. The molecule has 2 rings (SSSR count). The summed E-state index contributed by atoms with van der Waals surface area (Å²) in [5.41, 5.74) is 2.16. The summed E-state index contributed by atoms with van der Waals surface area (Å²) in [5.74, 6) is 0.804. The van der Waals surface area contributed by atoms with Crippen molar-refractivity contribution in [1.29, 1.82) is 0 Å². The van der Waals surface area contributed by atoms with Crippen LogP contribution in [0.5, 0.6) is 5.75 Å². The molecule has 0 radical (unpaired) electrons. The third kappa shape index (κ3) is 5.37. The predicted octanol–water partition coefficient (Wildman–Crippen LogP) is 3.03. The van der Waals surface area contributed by atoms with Gasteiger partial charge in [0.25, 0.3) is 0 Å². The molecular weight excluding hydrogens is 298 g/mol. The molecule has 1 heterocycles. The van der Waals surface area contributed by atoms with Crippen molar-refractivity contribution in [3.05, 3.63) is 45.9 Å². The predicted molar refractivity (Wildman–Crippen MR) is 88.4 cm³/mol. The van der Waals surface area contributed by atoms with E-state index in [-0.39, 0.29) is 12.1 Å². The van der Waals surface area contributed by atoms with Crippen LogP contribution < -0.4 is 15.4 Å². The quantitative estimate of drug-likeness (QED) is 0.860. The van der Waals surface area contributed by atoms with Crippen molar-refractivity contribution in [2.45, 2.75) is 33.4 Å². The van der Waals surface area contributed by atoms with Crippen LogP contribution >= 0.6 is 11.3 Å². The van der Waals surface area contributed by atoms with E-state index < -0.39 is 0 Å². The van der Waals surface area contributed by atoms with E-state index in [1.54, 1.807) is 11.3 Å². The van der Waals surface area contributed by atoms with E-state index in [1.807, 2.05) is 50.4 Å². The molecule has 0 fully saturated rings. The number of nitrogens with zero attached hydrogens (tertiary/aromatic N) is 1. The second-order valence-electron chi connectivity index (χ2n) is 5.23. The van der Waals surface area contributed by atoms with Gasteiger partial charge >= 0.3 is 6.03 Å². The molecule has 1 aromatic carbocycles. The fourth-order valence-electron chi connectivity index (χ4n) is 1.81. The standard InChI is InChI=1S/C16H21N3O2S/c1-11-4-6-14(7-5-11)21-9-12(2)19-16(20)17-8-15-18-13(3)10-22-15/h4-7,10,12H,8-9H2,1-3H3,(H2,17,19,20). The number of hydrogen-bond donors (Lipinski definition) is 2. The smallest absolute Gasteiger partial charge is 0.315 e. The first-order valence-electron chi connectivity index (χ1n) is 7.18. The number of ether oxygens (including phenoxy) is 1. The summed E-state index contributed by atoms with van der Waals surface area (Å²) in [6, 6.07) is 7.54. The molecular formula is C16H21N3O2S. The first-order valence-corrected chi connectivity index (χ1v) is 8.06. The molecule has 0 aliphatic rings. The van der Waals surface area contributed by atoms with Crippen molar-refractivity contribution in [3.8, 4) is 5.75 Å². The number of benzene rings is 1. The van der Waals surface area contributed by atoms with Crippen LogP contribution in [0, 0.1) is 13.8 Å². The lowest BCUT2D eigenvalue weighted by Crippen LogP contribution is -2.42. The zero-order valence-electron chi connectivity index (χ0n) is 13.1. The van der Waals surface area contributed by atoms with Crippen LogP contribution in [-0.4, -0.2) is 23.7 Å². The summed E-state index contributed by atoms with van der Waals surface area (Å²) in [4.78, 5) is 16.1. The molecule has 0 saturated carbocycles. The zero-order valence-corrected chi connectivity index (χ0v) is 13.9. The molecule has 2 amide bonds. The number of carbonyl (C=O) groups excluding carboxylic acids is 1. The number of aryl methyl sites for hydroxylation is 2. The molecule has 0 spiro atoms. The molecule has 0 saturated heterocycles. The van der Waals surface area contributed by atoms with Crippen LogP contribution in [0.25, 0.3) is 0 Å². The number of rotatable bonds is 6. The van der Waals surface area contributed by atoms with Crippen molar-refractivity contribution < 1.29 is 9.53 Å². The van der Waals surface area contributed by atoms with Crippen LogP contribution in [0.2, 0.25) is 0 Å². The molecule has 22 heavy (non-hydrogen) atoms. The Morgan fingerprint density at radius 2 is 2.05 bits per heavy atom. The molecule has 1 atom stereocenters. The summed E-state index contributed by atoms with van der Waals surface area (Å²) >= 11 is 1.54. The van der Waals surface area contributed by atoms with E-state index in [2.05, 4.69) is 15.6 Å². The van der Waals surface area contributed by atoms with Crippen molar-refractivity contribution in [2.75, 3.05) is 6.61 Å². The minimum Gasteiger partial charge on any atom is -0.491 e. The third-order valence-corrected chi connectivity index (χ3v) is 3.93. The number of amides is 2. The van der Waals surface area contributed by atoms with Gasteiger partial charge in [-0.15, -0.1) is 11.3 Å². The summed E-state index contributed by atoms with van der Waals surface area (Å²) < 4.78 is 5.64. The van der Waals surface area contributed by atoms with Gasteiger partial charge in [-0.3, -0.25) is 0 Å². The van der Waals surface area contributed by atoms with Crippen molar-refractivity contribution in [1.82, 2.24) is 15.6 Å². The number of nitrogens with one attached hydrogen (secondary N) is 2. The average Bonchev–Trinajstić information content (AvgIpc) is 2.90. The fourth-order valence-corrected chi connectivity index (χ4v) is 2.52.